The molecule has 4 aromatic rings. The molecule has 3 aromatic carbocycles. The predicted octanol–water partition coefficient (Wildman–Crippen LogP) is 5.86. The van der Waals surface area contributed by atoms with Crippen molar-refractivity contribution in [2.24, 2.45) is 0 Å². The molecule has 0 saturated carbocycles. The van der Waals surface area contributed by atoms with E-state index in [1.165, 1.54) is 40.5 Å². The molecule has 37 heavy (non-hydrogen) atoms. The Kier molecular flexibility index (Phi) is 6.62. The average molecular weight is 519 g/mol. The van der Waals surface area contributed by atoms with Crippen LogP contribution in [0, 0.1) is 5.82 Å². The number of hydrogen-bond donors (Lipinski definition) is 1. The van der Waals surface area contributed by atoms with Crippen molar-refractivity contribution < 1.29 is 28.6 Å². The molecule has 2 heterocycles. The molecule has 1 unspecified atom stereocenters. The first-order valence-corrected chi connectivity index (χ1v) is 12.6. The van der Waals surface area contributed by atoms with Crippen LogP contribution in [0.5, 0.6) is 11.5 Å². The summed E-state index contributed by atoms with van der Waals surface area (Å²) in [6, 6.07) is 16.5. The monoisotopic (exact) mass is 518 g/mol. The van der Waals surface area contributed by atoms with Gasteiger partial charge in [0.2, 0.25) is 0 Å². The van der Waals surface area contributed by atoms with Crippen molar-refractivity contribution in [3.8, 4) is 11.5 Å². The van der Waals surface area contributed by atoms with Gasteiger partial charge in [-0.05, 0) is 61.9 Å². The van der Waals surface area contributed by atoms with Gasteiger partial charge < -0.3 is 14.6 Å². The van der Waals surface area contributed by atoms with E-state index in [0.717, 1.165) is 4.70 Å². The van der Waals surface area contributed by atoms with E-state index in [1.807, 2.05) is 19.9 Å². The maximum absolute atomic E-state index is 13.8. The second kappa shape index (κ2) is 10.0. The number of thiazole rings is 1. The van der Waals surface area contributed by atoms with Crippen molar-refractivity contribution in [2.75, 3.05) is 18.1 Å². The Morgan fingerprint density at radius 1 is 1.00 bits per heavy atom. The van der Waals surface area contributed by atoms with E-state index in [-0.39, 0.29) is 16.5 Å². The minimum absolute atomic E-state index is 0.112. The van der Waals surface area contributed by atoms with Crippen molar-refractivity contribution in [2.45, 2.75) is 19.9 Å². The molecule has 0 spiro atoms. The molecule has 9 heteroatoms. The molecule has 1 aliphatic heterocycles. The van der Waals surface area contributed by atoms with Gasteiger partial charge in [-0.1, -0.05) is 35.6 Å². The van der Waals surface area contributed by atoms with Gasteiger partial charge in [-0.25, -0.2) is 9.37 Å². The van der Waals surface area contributed by atoms with E-state index < -0.39 is 23.5 Å². The number of benzene rings is 3. The number of ketones is 1. The molecule has 1 N–H and O–H groups in total. The third-order valence-electron chi connectivity index (χ3n) is 5.91. The maximum Gasteiger partial charge on any atom is 0.301 e. The first-order valence-electron chi connectivity index (χ1n) is 11.7. The van der Waals surface area contributed by atoms with Gasteiger partial charge in [-0.15, -0.1) is 0 Å². The third kappa shape index (κ3) is 4.53. The van der Waals surface area contributed by atoms with Crippen molar-refractivity contribution in [1.29, 1.82) is 0 Å². The number of nitrogens with zero attached hydrogens (tertiary/aromatic N) is 2. The summed E-state index contributed by atoms with van der Waals surface area (Å²) in [6.45, 7) is 4.64. The van der Waals surface area contributed by atoms with Crippen LogP contribution in [0.4, 0.5) is 9.52 Å². The zero-order valence-corrected chi connectivity index (χ0v) is 20.9. The van der Waals surface area contributed by atoms with Crippen LogP contribution in [-0.4, -0.2) is 35.0 Å². The fraction of sp³-hybridized carbons (Fsp3) is 0.179. The molecular formula is C28H23FN2O5S. The second-order valence-electron chi connectivity index (χ2n) is 8.24. The lowest BCUT2D eigenvalue weighted by Crippen LogP contribution is -2.29. The fourth-order valence-electron chi connectivity index (χ4n) is 4.30. The van der Waals surface area contributed by atoms with Gasteiger partial charge in [0.15, 0.2) is 5.13 Å². The highest BCUT2D eigenvalue weighted by atomic mass is 32.1. The largest absolute Gasteiger partial charge is 0.507 e. The number of anilines is 1. The Hall–Kier alpha value is -4.24. The van der Waals surface area contributed by atoms with Gasteiger partial charge in [-0.2, -0.15) is 0 Å². The van der Waals surface area contributed by atoms with Gasteiger partial charge in [0.25, 0.3) is 5.78 Å². The van der Waals surface area contributed by atoms with Crippen LogP contribution in [-0.2, 0) is 9.59 Å². The molecule has 7 nitrogen and oxygen atoms in total. The molecule has 1 amide bonds. The highest BCUT2D eigenvalue weighted by Crippen LogP contribution is 2.44. The molecule has 1 saturated heterocycles. The quantitative estimate of drug-likeness (QED) is 0.187. The number of ether oxygens (including phenoxy) is 2. The van der Waals surface area contributed by atoms with Crippen LogP contribution in [0.1, 0.15) is 31.0 Å². The van der Waals surface area contributed by atoms with Gasteiger partial charge in [0.05, 0.1) is 35.0 Å². The molecular weight excluding hydrogens is 495 g/mol. The van der Waals surface area contributed by atoms with Crippen molar-refractivity contribution in [1.82, 2.24) is 4.98 Å². The van der Waals surface area contributed by atoms with E-state index in [4.69, 9.17) is 9.47 Å². The molecule has 0 radical (unpaired) electrons. The smallest absolute Gasteiger partial charge is 0.301 e. The van der Waals surface area contributed by atoms with Crippen LogP contribution in [0.15, 0.2) is 72.3 Å². The second-order valence-corrected chi connectivity index (χ2v) is 9.25. The highest BCUT2D eigenvalue weighted by Gasteiger charge is 2.48. The first kappa shape index (κ1) is 24.5. The van der Waals surface area contributed by atoms with Gasteiger partial charge in [0.1, 0.15) is 23.1 Å². The number of aromatic nitrogens is 1. The predicted molar refractivity (Wildman–Crippen MR) is 140 cm³/mol. The normalized spacial score (nSPS) is 16.9. The molecule has 1 fully saturated rings. The zero-order valence-electron chi connectivity index (χ0n) is 20.1. The van der Waals surface area contributed by atoms with Crippen LogP contribution in [0.2, 0.25) is 0 Å². The van der Waals surface area contributed by atoms with E-state index in [9.17, 15) is 19.1 Å². The number of aliphatic hydroxyl groups is 1. The Labute approximate surface area is 216 Å². The number of carbonyl (C=O) groups excluding carboxylic acids is 2. The lowest BCUT2D eigenvalue weighted by Gasteiger charge is -2.23. The van der Waals surface area contributed by atoms with Gasteiger partial charge in [0, 0.05) is 5.56 Å². The number of hydrogen-bond acceptors (Lipinski definition) is 7. The van der Waals surface area contributed by atoms with Crippen LogP contribution in [0.3, 0.4) is 0 Å². The molecule has 1 atom stereocenters. The summed E-state index contributed by atoms with van der Waals surface area (Å²) < 4.78 is 25.6. The van der Waals surface area contributed by atoms with Crippen LogP contribution in [0.25, 0.3) is 16.0 Å². The zero-order chi connectivity index (χ0) is 26.1. The van der Waals surface area contributed by atoms with Gasteiger partial charge >= 0.3 is 5.91 Å². The summed E-state index contributed by atoms with van der Waals surface area (Å²) in [5.41, 5.74) is 1.30. The summed E-state index contributed by atoms with van der Waals surface area (Å²) in [5.74, 6) is -1.33. The Morgan fingerprint density at radius 2 is 1.70 bits per heavy atom. The number of fused-ring (bicyclic) bond motifs is 1. The maximum atomic E-state index is 13.8. The van der Waals surface area contributed by atoms with Crippen molar-refractivity contribution >= 4 is 44.1 Å². The standard InChI is InChI=1S/C28H23FN2O5S/c1-3-35-19-7-5-6-17(14-19)25(32)23-24(16-8-10-18(29)11-9-16)31(27(34)26(23)33)28-30-21-13-12-20(36-4-2)15-22(21)37-28/h5-15,24,32H,3-4H2,1-2H3/b25-23+. The van der Waals surface area contributed by atoms with Crippen molar-refractivity contribution in [3.63, 3.8) is 0 Å². The molecule has 5 rings (SSSR count). The summed E-state index contributed by atoms with van der Waals surface area (Å²) >= 11 is 1.22. The Bertz CT molecular complexity index is 1530. The molecule has 188 valence electrons. The number of amides is 1. The molecule has 0 bridgehead atoms. The van der Waals surface area contributed by atoms with Crippen molar-refractivity contribution in [3.05, 3.63) is 89.2 Å². The average Bonchev–Trinajstić information content (AvgIpc) is 3.42. The topological polar surface area (TPSA) is 89.0 Å². The van der Waals surface area contributed by atoms with Crippen LogP contribution < -0.4 is 14.4 Å². The Morgan fingerprint density at radius 3 is 2.41 bits per heavy atom. The molecule has 0 aliphatic carbocycles. The molecule has 1 aromatic heterocycles. The Balaban J connectivity index is 1.68. The molecule has 1 aliphatic rings. The minimum atomic E-state index is -1.01. The third-order valence-corrected chi connectivity index (χ3v) is 6.93. The minimum Gasteiger partial charge on any atom is -0.507 e. The lowest BCUT2D eigenvalue weighted by molar-refractivity contribution is -0.132. The van der Waals surface area contributed by atoms with E-state index in [1.54, 1.807) is 36.4 Å². The number of rotatable bonds is 7. The summed E-state index contributed by atoms with van der Waals surface area (Å²) in [7, 11) is 0. The first-order chi connectivity index (χ1) is 17.9. The van der Waals surface area contributed by atoms with E-state index >= 15 is 0 Å². The summed E-state index contributed by atoms with van der Waals surface area (Å²) in [4.78, 5) is 32.6. The lowest BCUT2D eigenvalue weighted by atomic mass is 9.95. The van der Waals surface area contributed by atoms with E-state index in [0.29, 0.717) is 41.4 Å². The fourth-order valence-corrected chi connectivity index (χ4v) is 5.32. The van der Waals surface area contributed by atoms with Gasteiger partial charge in [-0.3, -0.25) is 14.5 Å². The van der Waals surface area contributed by atoms with E-state index in [2.05, 4.69) is 4.98 Å². The number of carbonyl (C=O) groups is 2. The van der Waals surface area contributed by atoms with Crippen LogP contribution >= 0.6 is 11.3 Å². The number of halogens is 1. The highest BCUT2D eigenvalue weighted by molar-refractivity contribution is 7.22. The summed E-state index contributed by atoms with van der Waals surface area (Å²) in [5, 5.41) is 11.6. The number of aliphatic hydroxyl groups excluding tert-OH is 1. The summed E-state index contributed by atoms with van der Waals surface area (Å²) in [6.07, 6.45) is 0. The number of Topliss-reactive ketones (excluding diaryl/α,β-unsaturated/α-hetero) is 1. The SMILES string of the molecule is CCOc1cccc(/C(O)=C2\C(=O)C(=O)N(c3nc4ccc(OCC)cc4s3)C2c2ccc(F)cc2)c1.